The topological polar surface area (TPSA) is 127 Å². The van der Waals surface area contributed by atoms with Crippen LogP contribution in [0.4, 0.5) is 11.4 Å². The second-order valence-corrected chi connectivity index (χ2v) is 9.34. The van der Waals surface area contributed by atoms with Crippen molar-refractivity contribution in [1.82, 2.24) is 5.43 Å². The Bertz CT molecular complexity index is 1300. The molecule has 3 rings (SSSR count). The molecule has 0 spiro atoms. The molecule has 0 fully saturated rings. The van der Waals surface area contributed by atoms with Crippen LogP contribution in [0.3, 0.4) is 0 Å². The van der Waals surface area contributed by atoms with Gasteiger partial charge in [-0.1, -0.05) is 15.9 Å². The average Bonchev–Trinajstić information content (AvgIpc) is 2.89. The molecule has 0 atom stereocenters. The number of hydrazone groups is 1. The number of amides is 3. The summed E-state index contributed by atoms with van der Waals surface area (Å²) < 4.78 is 17.7. The third-order valence-electron chi connectivity index (χ3n) is 4.66. The van der Waals surface area contributed by atoms with Crippen LogP contribution in [0.5, 0.6) is 17.2 Å². The zero-order valence-electron chi connectivity index (χ0n) is 19.7. The van der Waals surface area contributed by atoms with Gasteiger partial charge in [-0.3, -0.25) is 14.4 Å². The van der Waals surface area contributed by atoms with E-state index in [1.54, 1.807) is 48.5 Å². The summed E-state index contributed by atoms with van der Waals surface area (Å²) in [5.74, 6) is -0.772. The molecule has 0 aliphatic rings. The Hall–Kier alpha value is -3.65. The van der Waals surface area contributed by atoms with Crippen molar-refractivity contribution < 1.29 is 28.6 Å². The lowest BCUT2D eigenvalue weighted by Crippen LogP contribution is -2.32. The molecular weight excluding hydrogens is 659 g/mol. The number of nitrogens with one attached hydrogen (secondary N) is 3. The quantitative estimate of drug-likeness (QED) is 0.135. The first-order valence-corrected chi connectivity index (χ1v) is 12.5. The number of methoxy groups -OCH3 is 2. The van der Waals surface area contributed by atoms with Crippen molar-refractivity contribution in [2.24, 2.45) is 5.10 Å². The molecule has 0 aliphatic heterocycles. The number of benzene rings is 3. The van der Waals surface area contributed by atoms with Crippen molar-refractivity contribution in [3.8, 4) is 17.2 Å². The minimum absolute atomic E-state index is 0.227. The second kappa shape index (κ2) is 13.6. The fraction of sp³-hybridized carbons (Fsp3) is 0.120. The van der Waals surface area contributed by atoms with E-state index in [0.29, 0.717) is 37.8 Å². The van der Waals surface area contributed by atoms with Crippen LogP contribution in [-0.2, 0) is 14.4 Å². The van der Waals surface area contributed by atoms with Gasteiger partial charge in [-0.2, -0.15) is 5.10 Å². The second-order valence-electron chi connectivity index (χ2n) is 7.26. The Morgan fingerprint density at radius 3 is 2.22 bits per heavy atom. The van der Waals surface area contributed by atoms with Crippen molar-refractivity contribution in [1.29, 1.82) is 0 Å². The first-order valence-electron chi connectivity index (χ1n) is 10.6. The maximum Gasteiger partial charge on any atom is 0.329 e. The molecule has 3 N–H and O–H groups in total. The number of anilines is 2. The molecule has 3 aromatic carbocycles. The van der Waals surface area contributed by atoms with Gasteiger partial charge in [0, 0.05) is 15.8 Å². The number of nitrogens with zero attached hydrogens (tertiary/aromatic N) is 1. The molecule has 0 aliphatic carbocycles. The minimum Gasteiger partial charge on any atom is -0.497 e. The average molecular weight is 681 g/mol. The SMILES string of the molecule is COc1ccc(NC(=O)C(=O)N/N=C\c2cc(I)c(OCC(=O)Nc3ccc(Br)cc3)c(OC)c2)cc1. The van der Waals surface area contributed by atoms with Crippen molar-refractivity contribution in [3.63, 3.8) is 0 Å². The Kier molecular flexibility index (Phi) is 10.3. The predicted octanol–water partition coefficient (Wildman–Crippen LogP) is 4.18. The molecule has 0 unspecified atom stereocenters. The first kappa shape index (κ1) is 27.9. The van der Waals surface area contributed by atoms with Crippen molar-refractivity contribution >= 4 is 73.8 Å². The molecular formula is C25H22BrIN4O6. The van der Waals surface area contributed by atoms with Gasteiger partial charge in [0.1, 0.15) is 5.75 Å². The molecule has 192 valence electrons. The Labute approximate surface area is 235 Å². The van der Waals surface area contributed by atoms with Gasteiger partial charge < -0.3 is 24.8 Å². The van der Waals surface area contributed by atoms with E-state index >= 15 is 0 Å². The van der Waals surface area contributed by atoms with Crippen LogP contribution in [0.25, 0.3) is 0 Å². The van der Waals surface area contributed by atoms with Gasteiger partial charge in [-0.05, 0) is 88.8 Å². The highest BCUT2D eigenvalue weighted by atomic mass is 127. The molecule has 0 aromatic heterocycles. The van der Waals surface area contributed by atoms with E-state index in [-0.39, 0.29) is 12.5 Å². The lowest BCUT2D eigenvalue weighted by molar-refractivity contribution is -0.136. The van der Waals surface area contributed by atoms with Crippen LogP contribution in [0.15, 0.2) is 70.2 Å². The molecule has 0 saturated carbocycles. The molecule has 37 heavy (non-hydrogen) atoms. The van der Waals surface area contributed by atoms with E-state index in [4.69, 9.17) is 14.2 Å². The number of ether oxygens (including phenoxy) is 3. The van der Waals surface area contributed by atoms with Gasteiger partial charge in [-0.15, -0.1) is 0 Å². The zero-order valence-corrected chi connectivity index (χ0v) is 23.5. The largest absolute Gasteiger partial charge is 0.497 e. The number of halogens is 2. The summed E-state index contributed by atoms with van der Waals surface area (Å²) in [5.41, 5.74) is 3.83. The fourth-order valence-electron chi connectivity index (χ4n) is 2.90. The van der Waals surface area contributed by atoms with E-state index in [0.717, 1.165) is 4.47 Å². The van der Waals surface area contributed by atoms with Crippen molar-refractivity contribution in [2.45, 2.75) is 0 Å². The normalized spacial score (nSPS) is 10.5. The predicted molar refractivity (Wildman–Crippen MR) is 151 cm³/mol. The summed E-state index contributed by atoms with van der Waals surface area (Å²) >= 11 is 5.38. The smallest absolute Gasteiger partial charge is 0.329 e. The fourth-order valence-corrected chi connectivity index (χ4v) is 3.95. The summed E-state index contributed by atoms with van der Waals surface area (Å²) in [6.07, 6.45) is 1.35. The van der Waals surface area contributed by atoms with E-state index < -0.39 is 11.8 Å². The number of carbonyl (C=O) groups excluding carboxylic acids is 3. The summed E-state index contributed by atoms with van der Waals surface area (Å²) in [7, 11) is 2.99. The van der Waals surface area contributed by atoms with E-state index in [9.17, 15) is 14.4 Å². The highest BCUT2D eigenvalue weighted by molar-refractivity contribution is 14.1. The number of hydrogen-bond donors (Lipinski definition) is 3. The Balaban J connectivity index is 1.56. The van der Waals surface area contributed by atoms with Crippen molar-refractivity contribution in [2.75, 3.05) is 31.5 Å². The molecule has 0 bridgehead atoms. The third kappa shape index (κ3) is 8.46. The lowest BCUT2D eigenvalue weighted by atomic mass is 10.2. The van der Waals surface area contributed by atoms with Crippen molar-refractivity contribution in [3.05, 3.63) is 74.3 Å². The molecule has 12 heteroatoms. The maximum absolute atomic E-state index is 12.3. The first-order chi connectivity index (χ1) is 17.8. The van der Waals surface area contributed by atoms with Gasteiger partial charge in [0.05, 0.1) is 24.0 Å². The molecule has 3 amide bonds. The monoisotopic (exact) mass is 680 g/mol. The summed E-state index contributed by atoms with van der Waals surface area (Å²) in [6.45, 7) is -0.227. The summed E-state index contributed by atoms with van der Waals surface area (Å²) in [5, 5.41) is 9.04. The number of carbonyl (C=O) groups is 3. The van der Waals surface area contributed by atoms with Crippen LogP contribution in [0.2, 0.25) is 0 Å². The van der Waals surface area contributed by atoms with E-state index in [1.807, 2.05) is 34.7 Å². The summed E-state index contributed by atoms with van der Waals surface area (Å²) in [6, 6.07) is 17.0. The van der Waals surface area contributed by atoms with Gasteiger partial charge in [0.15, 0.2) is 18.1 Å². The summed E-state index contributed by atoms with van der Waals surface area (Å²) in [4.78, 5) is 36.4. The standard InChI is InChI=1S/C25H22BrIN4O6/c1-35-19-9-7-18(8-10-19)30-24(33)25(34)31-28-13-15-11-20(27)23(21(12-15)36-2)37-14-22(32)29-17-5-3-16(26)4-6-17/h3-13H,14H2,1-2H3,(H,29,32)(H,30,33)(H,31,34)/b28-13-. The van der Waals surface area contributed by atoms with Crippen LogP contribution in [0.1, 0.15) is 5.56 Å². The third-order valence-corrected chi connectivity index (χ3v) is 5.99. The molecule has 3 aromatic rings. The van der Waals surface area contributed by atoms with Gasteiger partial charge in [-0.25, -0.2) is 5.43 Å². The zero-order chi connectivity index (χ0) is 26.8. The minimum atomic E-state index is -0.939. The van der Waals surface area contributed by atoms with Gasteiger partial charge >= 0.3 is 11.8 Å². The molecule has 0 saturated heterocycles. The van der Waals surface area contributed by atoms with Crippen LogP contribution >= 0.6 is 38.5 Å². The van der Waals surface area contributed by atoms with Gasteiger partial charge in [0.25, 0.3) is 5.91 Å². The highest BCUT2D eigenvalue weighted by Gasteiger charge is 2.15. The van der Waals surface area contributed by atoms with E-state index in [1.165, 1.54) is 20.4 Å². The number of hydrogen-bond acceptors (Lipinski definition) is 7. The van der Waals surface area contributed by atoms with Gasteiger partial charge in [0.2, 0.25) is 0 Å². The van der Waals surface area contributed by atoms with Crippen LogP contribution in [0, 0.1) is 3.57 Å². The van der Waals surface area contributed by atoms with E-state index in [2.05, 4.69) is 37.1 Å². The Morgan fingerprint density at radius 2 is 1.57 bits per heavy atom. The maximum atomic E-state index is 12.3. The molecule has 0 radical (unpaired) electrons. The molecule has 10 nitrogen and oxygen atoms in total. The van der Waals surface area contributed by atoms with Crippen LogP contribution < -0.4 is 30.3 Å². The Morgan fingerprint density at radius 1 is 0.919 bits per heavy atom. The molecule has 0 heterocycles. The lowest BCUT2D eigenvalue weighted by Gasteiger charge is -2.13. The highest BCUT2D eigenvalue weighted by Crippen LogP contribution is 2.33. The van der Waals surface area contributed by atoms with Crippen LogP contribution in [-0.4, -0.2) is 44.8 Å². The number of rotatable bonds is 9.